The number of hydrogen-bond acceptors (Lipinski definition) is 6. The van der Waals surface area contributed by atoms with E-state index in [4.69, 9.17) is 22.2 Å². The third-order valence-electron chi connectivity index (χ3n) is 7.27. The zero-order chi connectivity index (χ0) is 23.2. The largest absolute Gasteiger partial charge is 0.368 e. The van der Waals surface area contributed by atoms with E-state index in [-0.39, 0.29) is 0 Å². The van der Waals surface area contributed by atoms with Crippen LogP contribution < -0.4 is 25.3 Å². The average molecular weight is 480 g/mol. The molecule has 0 bridgehead atoms. The molecule has 34 heavy (non-hydrogen) atoms. The first-order chi connectivity index (χ1) is 16.7. The van der Waals surface area contributed by atoms with Gasteiger partial charge in [-0.2, -0.15) is 9.97 Å². The van der Waals surface area contributed by atoms with Crippen molar-refractivity contribution in [3.05, 3.63) is 36.4 Å². The van der Waals surface area contributed by atoms with Crippen LogP contribution >= 0.6 is 12.2 Å². The molecule has 0 spiro atoms. The van der Waals surface area contributed by atoms with E-state index in [0.29, 0.717) is 17.1 Å². The molecule has 1 aromatic carbocycles. The Bertz CT molecular complexity index is 931. The van der Waals surface area contributed by atoms with Crippen molar-refractivity contribution < 1.29 is 0 Å². The molecule has 3 fully saturated rings. The standard InChI is InChI=1S/C26H37N7S/c34-26(27-21-10-6-7-11-21)30-25-28-23(32-14-8-1-2-9-15-32)20-24(29-25)33-18-16-31(17-19-33)22-12-4-3-5-13-22/h3-5,12-13,20-21H,1-2,6-11,14-19H2,(H2,27,28,29,30,34). The maximum atomic E-state index is 5.63. The summed E-state index contributed by atoms with van der Waals surface area (Å²) in [5, 5.41) is 7.42. The minimum atomic E-state index is 0.472. The van der Waals surface area contributed by atoms with E-state index in [1.807, 2.05) is 0 Å². The van der Waals surface area contributed by atoms with E-state index in [2.05, 4.69) is 61.7 Å². The van der Waals surface area contributed by atoms with Crippen LogP contribution in [0.25, 0.3) is 0 Å². The van der Waals surface area contributed by atoms with Crippen LogP contribution in [0.2, 0.25) is 0 Å². The molecule has 0 amide bonds. The second-order valence-corrected chi connectivity index (χ2v) is 10.1. The zero-order valence-corrected chi connectivity index (χ0v) is 20.9. The molecule has 7 nitrogen and oxygen atoms in total. The molecule has 1 aliphatic carbocycles. The number of rotatable bonds is 5. The van der Waals surface area contributed by atoms with Crippen molar-refractivity contribution in [3.63, 3.8) is 0 Å². The summed E-state index contributed by atoms with van der Waals surface area (Å²) in [7, 11) is 0. The Balaban J connectivity index is 1.32. The van der Waals surface area contributed by atoms with Crippen LogP contribution in [0.1, 0.15) is 51.4 Å². The summed E-state index contributed by atoms with van der Waals surface area (Å²) >= 11 is 5.63. The minimum Gasteiger partial charge on any atom is -0.368 e. The molecule has 5 rings (SSSR count). The monoisotopic (exact) mass is 479 g/mol. The van der Waals surface area contributed by atoms with E-state index in [1.54, 1.807) is 0 Å². The first-order valence-electron chi connectivity index (χ1n) is 13.0. The van der Waals surface area contributed by atoms with Gasteiger partial charge in [0.2, 0.25) is 5.95 Å². The molecule has 2 N–H and O–H groups in total. The molecule has 1 aromatic heterocycles. The van der Waals surface area contributed by atoms with Gasteiger partial charge in [0.25, 0.3) is 0 Å². The molecule has 0 unspecified atom stereocenters. The van der Waals surface area contributed by atoms with Crippen molar-refractivity contribution in [1.29, 1.82) is 0 Å². The highest BCUT2D eigenvalue weighted by Crippen LogP contribution is 2.26. The smallest absolute Gasteiger partial charge is 0.232 e. The van der Waals surface area contributed by atoms with E-state index in [0.717, 1.165) is 50.9 Å². The quantitative estimate of drug-likeness (QED) is 0.612. The first-order valence-corrected chi connectivity index (χ1v) is 13.4. The second kappa shape index (κ2) is 11.2. The van der Waals surface area contributed by atoms with Gasteiger partial charge < -0.3 is 25.3 Å². The number of hydrogen-bond donors (Lipinski definition) is 2. The van der Waals surface area contributed by atoms with Crippen molar-refractivity contribution in [2.75, 3.05) is 59.3 Å². The van der Waals surface area contributed by atoms with Gasteiger partial charge in [0, 0.05) is 57.1 Å². The van der Waals surface area contributed by atoms with Gasteiger partial charge in [0.1, 0.15) is 11.6 Å². The number of nitrogens with zero attached hydrogens (tertiary/aromatic N) is 5. The maximum absolute atomic E-state index is 5.63. The summed E-state index contributed by atoms with van der Waals surface area (Å²) in [6, 6.07) is 13.3. The van der Waals surface area contributed by atoms with Crippen molar-refractivity contribution in [3.8, 4) is 0 Å². The van der Waals surface area contributed by atoms with Crippen LogP contribution in [0, 0.1) is 0 Å². The van der Waals surface area contributed by atoms with Gasteiger partial charge in [-0.25, -0.2) is 0 Å². The zero-order valence-electron chi connectivity index (χ0n) is 20.1. The first kappa shape index (κ1) is 23.1. The highest BCUT2D eigenvalue weighted by molar-refractivity contribution is 7.80. The van der Waals surface area contributed by atoms with E-state index in [9.17, 15) is 0 Å². The van der Waals surface area contributed by atoms with Gasteiger partial charge in [-0.05, 0) is 50.0 Å². The topological polar surface area (TPSA) is 59.6 Å². The van der Waals surface area contributed by atoms with Gasteiger partial charge in [0.15, 0.2) is 5.11 Å². The fraction of sp³-hybridized carbons (Fsp3) is 0.577. The Morgan fingerprint density at radius 2 is 1.32 bits per heavy atom. The molecule has 3 aliphatic rings. The summed E-state index contributed by atoms with van der Waals surface area (Å²) in [4.78, 5) is 17.1. The van der Waals surface area contributed by atoms with Crippen molar-refractivity contribution in [1.82, 2.24) is 15.3 Å². The Labute approximate surface area is 208 Å². The number of aromatic nitrogens is 2. The van der Waals surface area contributed by atoms with Crippen molar-refractivity contribution in [2.45, 2.75) is 57.4 Å². The number of anilines is 4. The molecule has 2 saturated heterocycles. The lowest BCUT2D eigenvalue weighted by atomic mass is 10.2. The van der Waals surface area contributed by atoms with Crippen LogP contribution in [0.15, 0.2) is 36.4 Å². The predicted molar refractivity (Wildman–Crippen MR) is 145 cm³/mol. The fourth-order valence-corrected chi connectivity index (χ4v) is 5.59. The summed E-state index contributed by atoms with van der Waals surface area (Å²) in [5.74, 6) is 2.62. The Hall–Kier alpha value is -2.61. The van der Waals surface area contributed by atoms with Gasteiger partial charge >= 0.3 is 0 Å². The second-order valence-electron chi connectivity index (χ2n) is 9.70. The number of thiocarbonyl (C=S) groups is 1. The fourth-order valence-electron chi connectivity index (χ4n) is 5.33. The van der Waals surface area contributed by atoms with E-state index in [1.165, 1.54) is 57.1 Å². The van der Waals surface area contributed by atoms with E-state index >= 15 is 0 Å². The number of nitrogens with one attached hydrogen (secondary N) is 2. The average Bonchev–Trinajstić information content (AvgIpc) is 3.22. The molecular formula is C26H37N7S. The van der Waals surface area contributed by atoms with Gasteiger partial charge in [-0.3, -0.25) is 0 Å². The third kappa shape index (κ3) is 5.90. The van der Waals surface area contributed by atoms with Gasteiger partial charge in [0.05, 0.1) is 0 Å². The Morgan fingerprint density at radius 1 is 0.735 bits per heavy atom. The highest BCUT2D eigenvalue weighted by atomic mass is 32.1. The third-order valence-corrected chi connectivity index (χ3v) is 7.49. The maximum Gasteiger partial charge on any atom is 0.232 e. The van der Waals surface area contributed by atoms with Crippen LogP contribution in [0.5, 0.6) is 0 Å². The molecule has 182 valence electrons. The minimum absolute atomic E-state index is 0.472. The Morgan fingerprint density at radius 3 is 1.97 bits per heavy atom. The molecule has 0 atom stereocenters. The van der Waals surface area contributed by atoms with Crippen molar-refractivity contribution in [2.24, 2.45) is 0 Å². The summed E-state index contributed by atoms with van der Waals surface area (Å²) in [6.45, 7) is 5.96. The molecule has 3 heterocycles. The summed E-state index contributed by atoms with van der Waals surface area (Å²) < 4.78 is 0. The molecule has 2 aromatic rings. The number of benzene rings is 1. The van der Waals surface area contributed by atoms with Gasteiger partial charge in [-0.15, -0.1) is 0 Å². The summed E-state index contributed by atoms with van der Waals surface area (Å²) in [6.07, 6.45) is 9.98. The lowest BCUT2D eigenvalue weighted by Crippen LogP contribution is -2.47. The molecule has 0 radical (unpaired) electrons. The normalized spacial score (nSPS) is 19.7. The van der Waals surface area contributed by atoms with Crippen LogP contribution in [0.3, 0.4) is 0 Å². The number of piperazine rings is 1. The van der Waals surface area contributed by atoms with Crippen LogP contribution in [-0.2, 0) is 0 Å². The van der Waals surface area contributed by atoms with Crippen molar-refractivity contribution >= 4 is 40.6 Å². The highest BCUT2D eigenvalue weighted by Gasteiger charge is 2.22. The van der Waals surface area contributed by atoms with Crippen LogP contribution in [0.4, 0.5) is 23.3 Å². The molecule has 1 saturated carbocycles. The molecule has 2 aliphatic heterocycles. The lowest BCUT2D eigenvalue weighted by molar-refractivity contribution is 0.634. The Kier molecular flexibility index (Phi) is 7.63. The predicted octanol–water partition coefficient (Wildman–Crippen LogP) is 4.41. The molecular weight excluding hydrogens is 442 g/mol. The van der Waals surface area contributed by atoms with Gasteiger partial charge in [-0.1, -0.05) is 43.9 Å². The lowest BCUT2D eigenvalue weighted by Gasteiger charge is -2.37. The number of para-hydroxylation sites is 1. The van der Waals surface area contributed by atoms with Crippen LogP contribution in [-0.4, -0.2) is 60.4 Å². The summed E-state index contributed by atoms with van der Waals surface area (Å²) in [5.41, 5.74) is 1.29. The SMILES string of the molecule is S=C(Nc1nc(N2CCCCCC2)cc(N2CCN(c3ccccc3)CC2)n1)NC1CCCC1. The molecule has 8 heteroatoms. The van der Waals surface area contributed by atoms with E-state index < -0.39 is 0 Å².